The highest BCUT2D eigenvalue weighted by atomic mass is 79.9. The molecule has 1 aromatic heterocycles. The molecule has 0 amide bonds. The number of rotatable bonds is 3. The highest BCUT2D eigenvalue weighted by Crippen LogP contribution is 2.33. The summed E-state index contributed by atoms with van der Waals surface area (Å²) in [6.45, 7) is 0. The average Bonchev–Trinajstić information content (AvgIpc) is 2.76. The van der Waals surface area contributed by atoms with E-state index in [-0.39, 0.29) is 5.84 Å². The first-order chi connectivity index (χ1) is 8.60. The molecular weight excluding hydrogens is 316 g/mol. The van der Waals surface area contributed by atoms with E-state index in [0.29, 0.717) is 5.56 Å². The van der Waals surface area contributed by atoms with E-state index in [2.05, 4.69) is 26.2 Å². The lowest BCUT2D eigenvalue weighted by Gasteiger charge is -2.05. The fourth-order valence-corrected chi connectivity index (χ4v) is 2.85. The van der Waals surface area contributed by atoms with Gasteiger partial charge in [0.25, 0.3) is 0 Å². The van der Waals surface area contributed by atoms with Gasteiger partial charge in [0.05, 0.1) is 11.1 Å². The number of aromatic nitrogens is 2. The van der Waals surface area contributed by atoms with E-state index in [1.165, 1.54) is 0 Å². The molecule has 94 valence electrons. The molecule has 0 spiro atoms. The molecule has 0 radical (unpaired) electrons. The predicted molar refractivity (Wildman–Crippen MR) is 74.0 cm³/mol. The Morgan fingerprint density at radius 2 is 2.33 bits per heavy atom. The van der Waals surface area contributed by atoms with Crippen LogP contribution in [-0.2, 0) is 7.05 Å². The van der Waals surface area contributed by atoms with E-state index in [9.17, 15) is 0 Å². The summed E-state index contributed by atoms with van der Waals surface area (Å²) in [7, 11) is 1.88. The number of oxime groups is 1. The van der Waals surface area contributed by atoms with Gasteiger partial charge < -0.3 is 10.9 Å². The van der Waals surface area contributed by atoms with Crippen LogP contribution in [0.25, 0.3) is 0 Å². The summed E-state index contributed by atoms with van der Waals surface area (Å²) in [5.74, 6) is 0.0913. The molecule has 0 fully saturated rings. The molecule has 0 unspecified atom stereocenters. The van der Waals surface area contributed by atoms with Crippen LogP contribution in [0.4, 0.5) is 0 Å². The van der Waals surface area contributed by atoms with Crippen molar-refractivity contribution in [1.29, 1.82) is 0 Å². The Morgan fingerprint density at radius 1 is 1.56 bits per heavy atom. The molecule has 7 heteroatoms. The van der Waals surface area contributed by atoms with Gasteiger partial charge in [-0.25, -0.2) is 0 Å². The van der Waals surface area contributed by atoms with Gasteiger partial charge in [0.15, 0.2) is 5.84 Å². The Bertz CT molecular complexity index is 596. The zero-order valence-electron chi connectivity index (χ0n) is 9.54. The summed E-state index contributed by atoms with van der Waals surface area (Å²) in [6.07, 6.45) is 3.74. The molecule has 0 saturated carbocycles. The molecule has 0 aliphatic rings. The zero-order chi connectivity index (χ0) is 13.1. The van der Waals surface area contributed by atoms with Crippen LogP contribution in [0.5, 0.6) is 0 Å². The molecule has 2 rings (SSSR count). The van der Waals surface area contributed by atoms with Crippen molar-refractivity contribution in [3.05, 3.63) is 40.6 Å². The lowest BCUT2D eigenvalue weighted by Crippen LogP contribution is -2.12. The van der Waals surface area contributed by atoms with Gasteiger partial charge in [0, 0.05) is 28.2 Å². The third-order valence-corrected chi connectivity index (χ3v) is 4.19. The van der Waals surface area contributed by atoms with Crippen LogP contribution in [0.15, 0.2) is 50.0 Å². The van der Waals surface area contributed by atoms with Crippen LogP contribution in [0, 0.1) is 0 Å². The molecule has 0 atom stereocenters. The molecule has 0 saturated heterocycles. The van der Waals surface area contributed by atoms with Gasteiger partial charge in [-0.05, 0) is 34.1 Å². The first-order valence-corrected chi connectivity index (χ1v) is 6.65. The standard InChI is InChI=1S/C11H11BrN4OS/c1-16-6-8(5-14-16)18-10-3-2-7(4-9(10)12)11(13)15-17/h2-6,17H,1H3,(H2,13,15). The highest BCUT2D eigenvalue weighted by molar-refractivity contribution is 9.10. The summed E-state index contributed by atoms with van der Waals surface area (Å²) in [5, 5.41) is 15.7. The van der Waals surface area contributed by atoms with Gasteiger partial charge in [-0.3, -0.25) is 4.68 Å². The first kappa shape index (κ1) is 13.0. The van der Waals surface area contributed by atoms with Crippen LogP contribution in [0.1, 0.15) is 5.56 Å². The number of aryl methyl sites for hydroxylation is 1. The van der Waals surface area contributed by atoms with E-state index < -0.39 is 0 Å². The first-order valence-electron chi connectivity index (χ1n) is 5.04. The van der Waals surface area contributed by atoms with Crippen molar-refractivity contribution in [1.82, 2.24) is 9.78 Å². The van der Waals surface area contributed by atoms with Crippen molar-refractivity contribution < 1.29 is 5.21 Å². The normalized spacial score (nSPS) is 11.8. The van der Waals surface area contributed by atoms with Gasteiger partial charge in [0.1, 0.15) is 0 Å². The number of benzene rings is 1. The van der Waals surface area contributed by atoms with E-state index >= 15 is 0 Å². The molecule has 1 aromatic carbocycles. The number of halogens is 1. The molecule has 3 N–H and O–H groups in total. The quantitative estimate of drug-likeness (QED) is 0.393. The third kappa shape index (κ3) is 2.85. The number of nitrogens with two attached hydrogens (primary N) is 1. The lowest BCUT2D eigenvalue weighted by molar-refractivity contribution is 0.318. The predicted octanol–water partition coefficient (Wildman–Crippen LogP) is 2.43. The van der Waals surface area contributed by atoms with Crippen molar-refractivity contribution in [2.45, 2.75) is 9.79 Å². The van der Waals surface area contributed by atoms with Crippen molar-refractivity contribution in [2.75, 3.05) is 0 Å². The Labute approximate surface area is 117 Å². The number of hydrogen-bond donors (Lipinski definition) is 2. The Hall–Kier alpha value is -1.47. The molecule has 0 aliphatic carbocycles. The van der Waals surface area contributed by atoms with Crippen LogP contribution < -0.4 is 5.73 Å². The smallest absolute Gasteiger partial charge is 0.170 e. The minimum absolute atomic E-state index is 0.0913. The van der Waals surface area contributed by atoms with Gasteiger partial charge in [-0.15, -0.1) is 0 Å². The Balaban J connectivity index is 2.25. The summed E-state index contributed by atoms with van der Waals surface area (Å²) in [5.41, 5.74) is 6.19. The van der Waals surface area contributed by atoms with Crippen molar-refractivity contribution in [3.8, 4) is 0 Å². The van der Waals surface area contributed by atoms with E-state index in [4.69, 9.17) is 10.9 Å². The molecule has 1 heterocycles. The lowest BCUT2D eigenvalue weighted by atomic mass is 10.2. The van der Waals surface area contributed by atoms with Crippen LogP contribution >= 0.6 is 27.7 Å². The second-order valence-corrected chi connectivity index (χ2v) is 5.55. The molecule has 0 aliphatic heterocycles. The maximum absolute atomic E-state index is 8.62. The zero-order valence-corrected chi connectivity index (χ0v) is 11.9. The van der Waals surface area contributed by atoms with Gasteiger partial charge in [-0.1, -0.05) is 16.9 Å². The van der Waals surface area contributed by atoms with E-state index in [0.717, 1.165) is 14.3 Å². The van der Waals surface area contributed by atoms with Gasteiger partial charge >= 0.3 is 0 Å². The fraction of sp³-hybridized carbons (Fsp3) is 0.0909. The SMILES string of the molecule is Cn1cc(Sc2ccc(/C(N)=N/O)cc2Br)cn1. The fourth-order valence-electron chi connectivity index (χ4n) is 1.38. The van der Waals surface area contributed by atoms with Crippen molar-refractivity contribution in [3.63, 3.8) is 0 Å². The van der Waals surface area contributed by atoms with Crippen LogP contribution in [0.3, 0.4) is 0 Å². The van der Waals surface area contributed by atoms with Crippen LogP contribution in [-0.4, -0.2) is 20.8 Å². The van der Waals surface area contributed by atoms with Crippen molar-refractivity contribution >= 4 is 33.5 Å². The largest absolute Gasteiger partial charge is 0.409 e. The maximum Gasteiger partial charge on any atom is 0.170 e. The molecule has 2 aromatic rings. The monoisotopic (exact) mass is 326 g/mol. The number of amidine groups is 1. The summed E-state index contributed by atoms with van der Waals surface area (Å²) in [4.78, 5) is 2.09. The highest BCUT2D eigenvalue weighted by Gasteiger charge is 2.07. The topological polar surface area (TPSA) is 76.4 Å². The number of nitrogens with zero attached hydrogens (tertiary/aromatic N) is 3. The summed E-state index contributed by atoms with van der Waals surface area (Å²) in [6, 6.07) is 5.53. The van der Waals surface area contributed by atoms with Gasteiger partial charge in [0.2, 0.25) is 0 Å². The Kier molecular flexibility index (Phi) is 3.93. The van der Waals surface area contributed by atoms with Crippen molar-refractivity contribution in [2.24, 2.45) is 17.9 Å². The molecule has 18 heavy (non-hydrogen) atoms. The molecule has 0 bridgehead atoms. The minimum Gasteiger partial charge on any atom is -0.409 e. The second kappa shape index (κ2) is 5.45. The van der Waals surface area contributed by atoms with Crippen LogP contribution in [0.2, 0.25) is 0 Å². The molecule has 5 nitrogen and oxygen atoms in total. The summed E-state index contributed by atoms with van der Waals surface area (Å²) >= 11 is 5.06. The number of hydrogen-bond acceptors (Lipinski definition) is 4. The molecular formula is C11H11BrN4OS. The van der Waals surface area contributed by atoms with E-state index in [1.54, 1.807) is 28.7 Å². The van der Waals surface area contributed by atoms with E-state index in [1.807, 2.05) is 25.4 Å². The second-order valence-electron chi connectivity index (χ2n) is 3.58. The maximum atomic E-state index is 8.62. The van der Waals surface area contributed by atoms with Gasteiger partial charge in [-0.2, -0.15) is 5.10 Å². The average molecular weight is 327 g/mol. The Morgan fingerprint density at radius 3 is 2.89 bits per heavy atom. The third-order valence-electron chi connectivity index (χ3n) is 2.24. The summed E-state index contributed by atoms with van der Waals surface area (Å²) < 4.78 is 2.64. The minimum atomic E-state index is 0.0913.